The number of hydrogen-bond acceptors (Lipinski definition) is 12. The van der Waals surface area contributed by atoms with Gasteiger partial charge in [0.15, 0.2) is 23.1 Å². The van der Waals surface area contributed by atoms with Crippen molar-refractivity contribution in [3.05, 3.63) is 91.6 Å². The van der Waals surface area contributed by atoms with Gasteiger partial charge in [0.25, 0.3) is 5.69 Å². The van der Waals surface area contributed by atoms with Crippen LogP contribution < -0.4 is 10.1 Å². The molecule has 0 bridgehead atoms. The molecule has 1 atom stereocenters. The molecule has 1 aromatic heterocycles. The number of ketones is 4. The van der Waals surface area contributed by atoms with Crippen molar-refractivity contribution < 1.29 is 39.1 Å². The Hall–Kier alpha value is -5.66. The van der Waals surface area contributed by atoms with Crippen LogP contribution in [0.15, 0.2) is 53.6 Å². The number of rotatable bonds is 8. The maximum atomic E-state index is 13.9. The number of nitrogens with one attached hydrogen (secondary N) is 1. The Kier molecular flexibility index (Phi) is 6.92. The summed E-state index contributed by atoms with van der Waals surface area (Å²) in [5, 5.41) is 43.1. The summed E-state index contributed by atoms with van der Waals surface area (Å²) in [6, 6.07) is 5.17. The number of nitro benzene ring substituents is 1. The molecule has 220 valence electrons. The molecule has 0 fully saturated rings. The first-order valence-corrected chi connectivity index (χ1v) is 13.0. The van der Waals surface area contributed by atoms with Gasteiger partial charge in [0.1, 0.15) is 46.2 Å². The average Bonchev–Trinajstić information content (AvgIpc) is 3.52. The lowest BCUT2D eigenvalue weighted by Crippen LogP contribution is -2.41. The molecule has 0 amide bonds. The zero-order chi connectivity index (χ0) is 31.4. The molecule has 1 aliphatic heterocycles. The molecular weight excluding hydrogens is 562 g/mol. The summed E-state index contributed by atoms with van der Waals surface area (Å²) in [4.78, 5) is 62.1. The highest BCUT2D eigenvalue weighted by molar-refractivity contribution is 6.31. The van der Waals surface area contributed by atoms with Crippen LogP contribution in [-0.2, 0) is 28.1 Å². The van der Waals surface area contributed by atoms with Gasteiger partial charge >= 0.3 is 0 Å². The van der Waals surface area contributed by atoms with Crippen molar-refractivity contribution >= 4 is 28.8 Å². The van der Waals surface area contributed by atoms with Crippen LogP contribution in [0.1, 0.15) is 58.3 Å². The fourth-order valence-corrected chi connectivity index (χ4v) is 5.18. The second-order valence-corrected chi connectivity index (χ2v) is 10.4. The molecule has 14 heteroatoms. The van der Waals surface area contributed by atoms with Gasteiger partial charge in [-0.1, -0.05) is 5.21 Å². The highest BCUT2D eigenvalue weighted by atomic mass is 16.6. The van der Waals surface area contributed by atoms with Gasteiger partial charge in [-0.3, -0.25) is 29.3 Å². The lowest BCUT2D eigenvalue weighted by Gasteiger charge is -2.29. The molecule has 2 heterocycles. The summed E-state index contributed by atoms with van der Waals surface area (Å²) < 4.78 is 7.05. The van der Waals surface area contributed by atoms with E-state index >= 15 is 0 Å². The van der Waals surface area contributed by atoms with Gasteiger partial charge in [-0.25, -0.2) is 4.68 Å². The fourth-order valence-electron chi connectivity index (χ4n) is 5.18. The lowest BCUT2D eigenvalue weighted by molar-refractivity contribution is -0.384. The number of nitro groups is 1. The van der Waals surface area contributed by atoms with E-state index < -0.39 is 39.2 Å². The van der Waals surface area contributed by atoms with Crippen LogP contribution in [0.5, 0.6) is 17.2 Å². The van der Waals surface area contributed by atoms with Gasteiger partial charge in [-0.15, -0.1) is 5.10 Å². The van der Waals surface area contributed by atoms with Gasteiger partial charge in [-0.2, -0.15) is 0 Å². The smallest absolute Gasteiger partial charge is 0.269 e. The minimum atomic E-state index is -1.64. The first kappa shape index (κ1) is 28.9. The molecule has 3 aromatic rings. The third kappa shape index (κ3) is 4.62. The van der Waals surface area contributed by atoms with Gasteiger partial charge in [-0.05, 0) is 39.8 Å². The van der Waals surface area contributed by atoms with E-state index in [1.807, 2.05) is 0 Å². The second kappa shape index (κ2) is 10.3. The van der Waals surface area contributed by atoms with Crippen LogP contribution in [0, 0.1) is 17.0 Å². The second-order valence-electron chi connectivity index (χ2n) is 10.4. The molecule has 2 aliphatic rings. The Morgan fingerprint density at radius 1 is 1.14 bits per heavy atom. The molecule has 14 nitrogen and oxygen atoms in total. The fraction of sp³-hybridized carbons (Fsp3) is 0.241. The molecule has 0 radical (unpaired) electrons. The number of fused-ring (bicyclic) bond motifs is 3. The SMILES string of the molecule is CC(=O)c1c(O)c(C)c(O)c2c1OC1=CC(=O)/C(=C(/C)NCc3cn(CC(=O)c4ccc([N+](=O)[O-])cc4)nn3)C(=O)C12C. The van der Waals surface area contributed by atoms with Crippen LogP contribution in [0.4, 0.5) is 5.69 Å². The number of aromatic hydroxyl groups is 2. The number of non-ortho nitro benzene ring substituents is 1. The van der Waals surface area contributed by atoms with Gasteiger partial charge in [0.05, 0.1) is 28.8 Å². The van der Waals surface area contributed by atoms with Crippen molar-refractivity contribution in [1.82, 2.24) is 20.3 Å². The number of Topliss-reactive ketones (excluding diaryl/α,β-unsaturated/α-hetero) is 3. The van der Waals surface area contributed by atoms with E-state index in [1.165, 1.54) is 62.8 Å². The Labute approximate surface area is 243 Å². The number of phenols is 2. The third-order valence-electron chi connectivity index (χ3n) is 7.59. The van der Waals surface area contributed by atoms with Crippen molar-refractivity contribution in [2.75, 3.05) is 0 Å². The number of ether oxygens (including phenoxy) is 1. The number of carbonyl (C=O) groups excluding carboxylic acids is 4. The van der Waals surface area contributed by atoms with E-state index in [1.54, 1.807) is 0 Å². The zero-order valence-electron chi connectivity index (χ0n) is 23.4. The summed E-state index contributed by atoms with van der Waals surface area (Å²) in [6.07, 6.45) is 2.62. The molecule has 5 rings (SSSR count). The molecular formula is C29H25N5O9. The summed E-state index contributed by atoms with van der Waals surface area (Å²) in [5.41, 5.74) is -1.33. The molecule has 0 spiro atoms. The van der Waals surface area contributed by atoms with Crippen LogP contribution in [0.25, 0.3) is 0 Å². The van der Waals surface area contributed by atoms with Gasteiger partial charge < -0.3 is 20.3 Å². The Morgan fingerprint density at radius 2 is 1.81 bits per heavy atom. The maximum absolute atomic E-state index is 13.9. The van der Waals surface area contributed by atoms with E-state index in [-0.39, 0.29) is 69.6 Å². The first-order valence-electron chi connectivity index (χ1n) is 13.0. The van der Waals surface area contributed by atoms with Crippen molar-refractivity contribution in [2.24, 2.45) is 0 Å². The normalized spacial score (nSPS) is 18.4. The summed E-state index contributed by atoms with van der Waals surface area (Å²) in [6.45, 7) is 5.47. The molecule has 0 saturated heterocycles. The molecule has 1 unspecified atom stereocenters. The predicted octanol–water partition coefficient (Wildman–Crippen LogP) is 2.74. The highest BCUT2D eigenvalue weighted by Gasteiger charge is 2.56. The van der Waals surface area contributed by atoms with Crippen LogP contribution >= 0.6 is 0 Å². The number of phenolic OH excluding ortho intramolecular Hbond substituents is 2. The highest BCUT2D eigenvalue weighted by Crippen LogP contribution is 2.57. The summed E-state index contributed by atoms with van der Waals surface area (Å²) in [5.74, 6) is -3.35. The van der Waals surface area contributed by atoms with Crippen molar-refractivity contribution in [1.29, 1.82) is 0 Å². The lowest BCUT2D eigenvalue weighted by atomic mass is 9.70. The molecule has 0 saturated carbocycles. The molecule has 3 N–H and O–H groups in total. The first-order chi connectivity index (χ1) is 20.2. The largest absolute Gasteiger partial charge is 0.507 e. The van der Waals surface area contributed by atoms with E-state index in [4.69, 9.17) is 4.74 Å². The number of allylic oxidation sites excluding steroid dienone is 4. The van der Waals surface area contributed by atoms with Crippen LogP contribution in [-0.4, -0.2) is 53.3 Å². The van der Waals surface area contributed by atoms with Gasteiger partial charge in [0, 0.05) is 35.0 Å². The van der Waals surface area contributed by atoms with E-state index in [0.717, 1.165) is 6.08 Å². The zero-order valence-corrected chi connectivity index (χ0v) is 23.4. The number of aromatic nitrogens is 3. The van der Waals surface area contributed by atoms with Crippen molar-refractivity contribution in [2.45, 2.75) is 46.2 Å². The molecule has 43 heavy (non-hydrogen) atoms. The maximum Gasteiger partial charge on any atom is 0.269 e. The quantitative estimate of drug-likeness (QED) is 0.114. The Bertz CT molecular complexity index is 1840. The minimum Gasteiger partial charge on any atom is -0.507 e. The van der Waals surface area contributed by atoms with Crippen molar-refractivity contribution in [3.8, 4) is 17.2 Å². The summed E-state index contributed by atoms with van der Waals surface area (Å²) >= 11 is 0. The van der Waals surface area contributed by atoms with E-state index in [0.29, 0.717) is 5.69 Å². The standard InChI is InChI=1S/C29H25N5O9/c1-13-25(38)23(15(3)35)27-24(26(13)39)29(4)21(43-27)9-19(36)22(28(29)40)14(2)30-10-17-11-33(32-31-17)12-20(37)16-5-7-18(8-6-16)34(41)42/h5-9,11,30,38-39H,10,12H2,1-4H3/b22-14+. The predicted molar refractivity (Wildman–Crippen MR) is 148 cm³/mol. The molecule has 2 aromatic carbocycles. The monoisotopic (exact) mass is 587 g/mol. The van der Waals surface area contributed by atoms with Crippen LogP contribution in [0.3, 0.4) is 0 Å². The minimum absolute atomic E-state index is 0.00440. The Morgan fingerprint density at radius 3 is 2.44 bits per heavy atom. The number of benzene rings is 2. The molecule has 1 aliphatic carbocycles. The van der Waals surface area contributed by atoms with E-state index in [9.17, 15) is 39.5 Å². The third-order valence-corrected chi connectivity index (χ3v) is 7.59. The van der Waals surface area contributed by atoms with E-state index in [2.05, 4.69) is 15.6 Å². The topological polar surface area (TPSA) is 204 Å². The number of hydrogen-bond donors (Lipinski definition) is 3. The van der Waals surface area contributed by atoms with Crippen molar-refractivity contribution in [3.63, 3.8) is 0 Å². The number of nitrogens with zero attached hydrogens (tertiary/aromatic N) is 4. The summed E-state index contributed by atoms with van der Waals surface area (Å²) in [7, 11) is 0. The Balaban J connectivity index is 1.37. The van der Waals surface area contributed by atoms with Crippen LogP contribution in [0.2, 0.25) is 0 Å². The average molecular weight is 588 g/mol. The number of carbonyl (C=O) groups is 4. The van der Waals surface area contributed by atoms with Gasteiger partial charge in [0.2, 0.25) is 0 Å².